The zero-order valence-corrected chi connectivity index (χ0v) is 12.9. The van der Waals surface area contributed by atoms with Crippen LogP contribution in [0.25, 0.3) is 11.5 Å². The topological polar surface area (TPSA) is 81.7 Å². The van der Waals surface area contributed by atoms with Crippen molar-refractivity contribution in [3.8, 4) is 11.5 Å². The lowest BCUT2D eigenvalue weighted by molar-refractivity contribution is 0.350. The molecule has 1 aliphatic rings. The van der Waals surface area contributed by atoms with Gasteiger partial charge in [-0.05, 0) is 25.5 Å². The largest absolute Gasteiger partial charge is 0.334 e. The molecule has 4 rings (SSSR count). The van der Waals surface area contributed by atoms with Crippen LogP contribution in [0, 0.1) is 6.92 Å². The van der Waals surface area contributed by atoms with E-state index in [0.29, 0.717) is 24.3 Å². The number of fused-ring (bicyclic) bond motifs is 1. The average Bonchev–Trinajstić information content (AvgIpc) is 3.22. The molecule has 118 valence electrons. The van der Waals surface area contributed by atoms with Crippen molar-refractivity contribution in [1.29, 1.82) is 0 Å². The summed E-state index contributed by atoms with van der Waals surface area (Å²) in [5.41, 5.74) is 2.15. The van der Waals surface area contributed by atoms with Crippen molar-refractivity contribution in [3.63, 3.8) is 0 Å². The van der Waals surface area contributed by atoms with Crippen LogP contribution in [-0.4, -0.2) is 30.9 Å². The smallest absolute Gasteiger partial charge is 0.257 e. The maximum Gasteiger partial charge on any atom is 0.257 e. The number of nitrogens with zero attached hydrogens (tertiary/aromatic N) is 5. The van der Waals surface area contributed by atoms with Gasteiger partial charge in [0.05, 0.1) is 13.1 Å². The van der Waals surface area contributed by atoms with Crippen molar-refractivity contribution in [1.82, 2.24) is 30.2 Å². The Hall–Kier alpha value is -2.54. The fourth-order valence-corrected chi connectivity index (χ4v) is 2.78. The zero-order chi connectivity index (χ0) is 15.6. The third kappa shape index (κ3) is 3.00. The van der Waals surface area contributed by atoms with Gasteiger partial charge < -0.3 is 9.84 Å². The number of benzene rings is 1. The van der Waals surface area contributed by atoms with Crippen LogP contribution in [-0.2, 0) is 19.5 Å². The van der Waals surface area contributed by atoms with E-state index in [1.54, 1.807) is 6.33 Å². The minimum atomic E-state index is 0.352. The predicted molar refractivity (Wildman–Crippen MR) is 83.4 cm³/mol. The summed E-state index contributed by atoms with van der Waals surface area (Å²) in [6, 6.07) is 8.41. The second kappa shape index (κ2) is 5.92. The van der Waals surface area contributed by atoms with Crippen molar-refractivity contribution in [3.05, 3.63) is 47.8 Å². The van der Waals surface area contributed by atoms with Gasteiger partial charge in [-0.1, -0.05) is 22.9 Å². The van der Waals surface area contributed by atoms with E-state index in [2.05, 4.69) is 32.5 Å². The highest BCUT2D eigenvalue weighted by molar-refractivity contribution is 5.53. The molecule has 7 nitrogen and oxygen atoms in total. The molecule has 0 bridgehead atoms. The van der Waals surface area contributed by atoms with Crippen LogP contribution in [0.3, 0.4) is 0 Å². The molecule has 1 aromatic carbocycles. The van der Waals surface area contributed by atoms with Gasteiger partial charge in [0, 0.05) is 18.0 Å². The molecule has 1 aliphatic heterocycles. The maximum atomic E-state index is 5.35. The molecule has 7 heteroatoms. The highest BCUT2D eigenvalue weighted by Crippen LogP contribution is 2.18. The van der Waals surface area contributed by atoms with Crippen LogP contribution >= 0.6 is 0 Å². The number of nitrogens with one attached hydrogen (secondary N) is 1. The van der Waals surface area contributed by atoms with E-state index in [9.17, 15) is 0 Å². The maximum absolute atomic E-state index is 5.35. The van der Waals surface area contributed by atoms with Gasteiger partial charge in [0.15, 0.2) is 5.82 Å². The monoisotopic (exact) mass is 310 g/mol. The lowest BCUT2D eigenvalue weighted by atomic mass is 10.1. The molecule has 0 fully saturated rings. The number of aromatic nitrogens is 5. The summed E-state index contributed by atoms with van der Waals surface area (Å²) in [5, 5.41) is 11.7. The molecule has 0 unspecified atom stereocenters. The zero-order valence-electron chi connectivity index (χ0n) is 12.9. The highest BCUT2D eigenvalue weighted by atomic mass is 16.5. The van der Waals surface area contributed by atoms with Crippen LogP contribution < -0.4 is 5.32 Å². The number of rotatable bonds is 4. The first-order valence-corrected chi connectivity index (χ1v) is 7.77. The van der Waals surface area contributed by atoms with Crippen molar-refractivity contribution >= 4 is 0 Å². The molecule has 0 saturated heterocycles. The molecule has 23 heavy (non-hydrogen) atoms. The van der Waals surface area contributed by atoms with Crippen LogP contribution in [0.2, 0.25) is 0 Å². The predicted octanol–water partition coefficient (Wildman–Crippen LogP) is 1.74. The van der Waals surface area contributed by atoms with Crippen molar-refractivity contribution < 1.29 is 4.52 Å². The first kappa shape index (κ1) is 14.1. The lowest BCUT2D eigenvalue weighted by Crippen LogP contribution is -2.37. The first-order chi connectivity index (χ1) is 11.3. The van der Waals surface area contributed by atoms with E-state index in [4.69, 9.17) is 4.52 Å². The molecule has 2 aromatic heterocycles. The summed E-state index contributed by atoms with van der Waals surface area (Å²) in [7, 11) is 0. The Balaban J connectivity index is 1.38. The molecule has 0 amide bonds. The first-order valence-electron chi connectivity index (χ1n) is 7.77. The minimum Gasteiger partial charge on any atom is -0.334 e. The fraction of sp³-hybridized carbons (Fsp3) is 0.375. The van der Waals surface area contributed by atoms with Crippen molar-refractivity contribution in [2.24, 2.45) is 0 Å². The molecule has 1 atom stereocenters. The lowest BCUT2D eigenvalue weighted by Gasteiger charge is -2.22. The SMILES string of the molecule is Cc1ccc(-c2nc(CN[C@H]3CCc4ncnn4C3)no2)cc1. The highest BCUT2D eigenvalue weighted by Gasteiger charge is 2.20. The van der Waals surface area contributed by atoms with Crippen LogP contribution in [0.5, 0.6) is 0 Å². The van der Waals surface area contributed by atoms with E-state index in [0.717, 1.165) is 30.8 Å². The molecule has 3 heterocycles. The summed E-state index contributed by atoms with van der Waals surface area (Å²) in [4.78, 5) is 8.69. The van der Waals surface area contributed by atoms with Gasteiger partial charge in [-0.2, -0.15) is 10.1 Å². The normalized spacial score (nSPS) is 17.2. The molecule has 0 spiro atoms. The van der Waals surface area contributed by atoms with Gasteiger partial charge in [-0.25, -0.2) is 9.67 Å². The Kier molecular flexibility index (Phi) is 3.63. The Bertz CT molecular complexity index is 791. The standard InChI is InChI=1S/C16H18N6O/c1-11-2-4-12(5-3-11)16-20-14(21-23-16)8-17-13-6-7-15-18-10-19-22(15)9-13/h2-5,10,13,17H,6-9H2,1H3/t13-/m0/s1. The Morgan fingerprint density at radius 2 is 2.17 bits per heavy atom. The molecule has 0 aliphatic carbocycles. The molecular weight excluding hydrogens is 292 g/mol. The molecular formula is C16H18N6O. The van der Waals surface area contributed by atoms with Gasteiger partial charge in [-0.3, -0.25) is 0 Å². The second-order valence-corrected chi connectivity index (χ2v) is 5.86. The van der Waals surface area contributed by atoms with Crippen LogP contribution in [0.4, 0.5) is 0 Å². The Morgan fingerprint density at radius 1 is 1.30 bits per heavy atom. The number of aryl methyl sites for hydroxylation is 2. The van der Waals surface area contributed by atoms with Crippen molar-refractivity contribution in [2.75, 3.05) is 0 Å². The van der Waals surface area contributed by atoms with Gasteiger partial charge >= 0.3 is 0 Å². The number of hydrogen-bond donors (Lipinski definition) is 1. The fourth-order valence-electron chi connectivity index (χ4n) is 2.78. The van der Waals surface area contributed by atoms with E-state index in [1.165, 1.54) is 5.56 Å². The van der Waals surface area contributed by atoms with Crippen LogP contribution in [0.15, 0.2) is 35.1 Å². The second-order valence-electron chi connectivity index (χ2n) is 5.86. The molecule has 0 radical (unpaired) electrons. The van der Waals surface area contributed by atoms with Gasteiger partial charge in [0.25, 0.3) is 5.89 Å². The summed E-state index contributed by atoms with van der Waals surface area (Å²) in [5.74, 6) is 2.29. The van der Waals surface area contributed by atoms with E-state index in [1.807, 2.05) is 28.9 Å². The van der Waals surface area contributed by atoms with E-state index >= 15 is 0 Å². The summed E-state index contributed by atoms with van der Waals surface area (Å²) < 4.78 is 7.30. The summed E-state index contributed by atoms with van der Waals surface area (Å²) in [6.45, 7) is 3.47. The summed E-state index contributed by atoms with van der Waals surface area (Å²) >= 11 is 0. The molecule has 1 N–H and O–H groups in total. The summed E-state index contributed by atoms with van der Waals surface area (Å²) in [6.07, 6.45) is 3.60. The van der Waals surface area contributed by atoms with Crippen LogP contribution in [0.1, 0.15) is 23.6 Å². The average molecular weight is 310 g/mol. The number of hydrogen-bond acceptors (Lipinski definition) is 6. The molecule has 3 aromatic rings. The van der Waals surface area contributed by atoms with Gasteiger partial charge in [0.2, 0.25) is 0 Å². The van der Waals surface area contributed by atoms with Crippen molar-refractivity contribution in [2.45, 2.75) is 38.9 Å². The Labute approximate surface area is 133 Å². The third-order valence-corrected chi connectivity index (χ3v) is 4.12. The third-order valence-electron chi connectivity index (χ3n) is 4.12. The Morgan fingerprint density at radius 3 is 3.04 bits per heavy atom. The van der Waals surface area contributed by atoms with E-state index in [-0.39, 0.29) is 0 Å². The van der Waals surface area contributed by atoms with E-state index < -0.39 is 0 Å². The quantitative estimate of drug-likeness (QED) is 0.790. The minimum absolute atomic E-state index is 0.352. The van der Waals surface area contributed by atoms with Gasteiger partial charge in [0.1, 0.15) is 12.2 Å². The molecule has 0 saturated carbocycles. The van der Waals surface area contributed by atoms with Gasteiger partial charge in [-0.15, -0.1) is 0 Å².